The fraction of sp³-hybridized carbons (Fsp3) is 0.364. The molecule has 94 valence electrons. The van der Waals surface area contributed by atoms with Gasteiger partial charge in [-0.2, -0.15) is 0 Å². The van der Waals surface area contributed by atoms with Gasteiger partial charge in [0.25, 0.3) is 0 Å². The Balaban J connectivity index is 2.67. The van der Waals surface area contributed by atoms with Crippen molar-refractivity contribution in [1.82, 2.24) is 0 Å². The van der Waals surface area contributed by atoms with Crippen molar-refractivity contribution in [3.05, 3.63) is 28.2 Å². The van der Waals surface area contributed by atoms with E-state index in [2.05, 4.69) is 21.2 Å². The summed E-state index contributed by atoms with van der Waals surface area (Å²) in [4.78, 5) is 11.2. The second kappa shape index (κ2) is 5.95. The lowest BCUT2D eigenvalue weighted by molar-refractivity contribution is -0.145. The van der Waals surface area contributed by atoms with Crippen LogP contribution in [-0.2, 0) is 9.53 Å². The molecule has 1 rings (SSSR count). The van der Waals surface area contributed by atoms with Gasteiger partial charge in [-0.3, -0.25) is 4.79 Å². The molecule has 1 aromatic carbocycles. The average Bonchev–Trinajstić information content (AvgIpc) is 2.14. The second-order valence-electron chi connectivity index (χ2n) is 3.64. The first-order valence-corrected chi connectivity index (χ1v) is 5.77. The van der Waals surface area contributed by atoms with Gasteiger partial charge in [0.2, 0.25) is 0 Å². The number of hydrogen-bond acceptors (Lipinski definition) is 3. The molecule has 3 nitrogen and oxygen atoms in total. The molecule has 0 saturated carbocycles. The maximum absolute atomic E-state index is 13.3. The average molecular weight is 308 g/mol. The van der Waals surface area contributed by atoms with Gasteiger partial charge < -0.3 is 10.1 Å². The van der Waals surface area contributed by atoms with Gasteiger partial charge in [-0.25, -0.2) is 8.78 Å². The van der Waals surface area contributed by atoms with Gasteiger partial charge in [0, 0.05) is 4.47 Å². The van der Waals surface area contributed by atoms with E-state index in [1.54, 1.807) is 13.8 Å². The summed E-state index contributed by atoms with van der Waals surface area (Å²) in [6.45, 7) is 3.10. The highest BCUT2D eigenvalue weighted by Gasteiger charge is 2.12. The molecule has 0 heterocycles. The van der Waals surface area contributed by atoms with Crippen LogP contribution in [0.5, 0.6) is 0 Å². The SMILES string of the molecule is CC(C)OC(=O)CNc1c(F)cc(Br)cc1F. The van der Waals surface area contributed by atoms with E-state index >= 15 is 0 Å². The van der Waals surface area contributed by atoms with Crippen molar-refractivity contribution in [3.63, 3.8) is 0 Å². The van der Waals surface area contributed by atoms with E-state index in [0.717, 1.165) is 12.1 Å². The number of carbonyl (C=O) groups excluding carboxylic acids is 1. The summed E-state index contributed by atoms with van der Waals surface area (Å²) in [7, 11) is 0. The molecule has 0 amide bonds. The number of rotatable bonds is 4. The molecule has 0 aromatic heterocycles. The number of benzene rings is 1. The Bertz CT molecular complexity index is 401. The highest BCUT2D eigenvalue weighted by atomic mass is 79.9. The van der Waals surface area contributed by atoms with Gasteiger partial charge in [0.1, 0.15) is 23.9 Å². The molecule has 1 aromatic rings. The summed E-state index contributed by atoms with van der Waals surface area (Å²) in [5.41, 5.74) is -0.339. The molecule has 0 bridgehead atoms. The third-order valence-electron chi connectivity index (χ3n) is 1.78. The van der Waals surface area contributed by atoms with E-state index in [1.807, 2.05) is 0 Å². The molecule has 0 fully saturated rings. The van der Waals surface area contributed by atoms with Crippen LogP contribution in [0, 0.1) is 11.6 Å². The van der Waals surface area contributed by atoms with Crippen LogP contribution >= 0.6 is 15.9 Å². The summed E-state index contributed by atoms with van der Waals surface area (Å²) < 4.78 is 31.8. The number of nitrogens with one attached hydrogen (secondary N) is 1. The molecule has 1 N–H and O–H groups in total. The van der Waals surface area contributed by atoms with Crippen molar-refractivity contribution in [2.24, 2.45) is 0 Å². The zero-order chi connectivity index (χ0) is 13.0. The van der Waals surface area contributed by atoms with Crippen LogP contribution in [0.1, 0.15) is 13.8 Å². The van der Waals surface area contributed by atoms with E-state index in [-0.39, 0.29) is 18.3 Å². The number of carbonyl (C=O) groups is 1. The maximum Gasteiger partial charge on any atom is 0.325 e. The molecule has 0 atom stereocenters. The predicted molar refractivity (Wildman–Crippen MR) is 63.8 cm³/mol. The van der Waals surface area contributed by atoms with Gasteiger partial charge in [0.15, 0.2) is 0 Å². The van der Waals surface area contributed by atoms with Gasteiger partial charge in [0.05, 0.1) is 6.10 Å². The van der Waals surface area contributed by atoms with Crippen LogP contribution in [0.15, 0.2) is 16.6 Å². The van der Waals surface area contributed by atoms with Crippen molar-refractivity contribution in [2.75, 3.05) is 11.9 Å². The van der Waals surface area contributed by atoms with Crippen molar-refractivity contribution < 1.29 is 18.3 Å². The summed E-state index contributed by atoms with van der Waals surface area (Å²) in [5, 5.41) is 2.37. The first-order valence-electron chi connectivity index (χ1n) is 4.98. The number of halogens is 3. The highest BCUT2D eigenvalue weighted by molar-refractivity contribution is 9.10. The van der Waals surface area contributed by atoms with E-state index in [0.29, 0.717) is 4.47 Å². The van der Waals surface area contributed by atoms with Crippen molar-refractivity contribution in [2.45, 2.75) is 20.0 Å². The zero-order valence-corrected chi connectivity index (χ0v) is 11.0. The lowest BCUT2D eigenvalue weighted by atomic mass is 10.3. The Morgan fingerprint density at radius 1 is 1.41 bits per heavy atom. The van der Waals surface area contributed by atoms with Gasteiger partial charge in [-0.1, -0.05) is 15.9 Å². The summed E-state index contributed by atoms with van der Waals surface area (Å²) in [6.07, 6.45) is -0.260. The molecule has 0 aliphatic heterocycles. The van der Waals surface area contributed by atoms with E-state index in [4.69, 9.17) is 4.74 Å². The standard InChI is InChI=1S/C11H12BrF2NO2/c1-6(2)17-10(16)5-15-11-8(13)3-7(12)4-9(11)14/h3-4,6,15H,5H2,1-2H3. The zero-order valence-electron chi connectivity index (χ0n) is 9.39. The summed E-state index contributed by atoms with van der Waals surface area (Å²) >= 11 is 2.96. The van der Waals surface area contributed by atoms with E-state index < -0.39 is 17.6 Å². The molecule has 0 radical (unpaired) electrons. The first-order chi connectivity index (χ1) is 7.90. The van der Waals surface area contributed by atoms with Crippen LogP contribution < -0.4 is 5.32 Å². The second-order valence-corrected chi connectivity index (χ2v) is 4.55. The molecular weight excluding hydrogens is 296 g/mol. The van der Waals surface area contributed by atoms with Gasteiger partial charge >= 0.3 is 5.97 Å². The van der Waals surface area contributed by atoms with Crippen LogP contribution in [0.3, 0.4) is 0 Å². The van der Waals surface area contributed by atoms with Crippen LogP contribution in [0.4, 0.5) is 14.5 Å². The van der Waals surface area contributed by atoms with E-state index in [9.17, 15) is 13.6 Å². The largest absolute Gasteiger partial charge is 0.462 e. The fourth-order valence-electron chi connectivity index (χ4n) is 1.18. The monoisotopic (exact) mass is 307 g/mol. The number of anilines is 1. The van der Waals surface area contributed by atoms with Crippen LogP contribution in [-0.4, -0.2) is 18.6 Å². The van der Waals surface area contributed by atoms with Crippen LogP contribution in [0.25, 0.3) is 0 Å². The first kappa shape index (κ1) is 13.9. The lowest BCUT2D eigenvalue weighted by Crippen LogP contribution is -2.21. The summed E-state index contributed by atoms with van der Waals surface area (Å²) in [6, 6.07) is 2.22. The number of hydrogen-bond donors (Lipinski definition) is 1. The minimum Gasteiger partial charge on any atom is -0.462 e. The van der Waals surface area contributed by atoms with Crippen LogP contribution in [0.2, 0.25) is 0 Å². The Labute approximate surface area is 106 Å². The Morgan fingerprint density at radius 3 is 2.41 bits per heavy atom. The molecule has 0 spiro atoms. The molecule has 0 unspecified atom stereocenters. The molecule has 0 aliphatic carbocycles. The topological polar surface area (TPSA) is 38.3 Å². The number of esters is 1. The smallest absolute Gasteiger partial charge is 0.325 e. The number of ether oxygens (including phenoxy) is 1. The minimum atomic E-state index is -0.769. The van der Waals surface area contributed by atoms with Crippen molar-refractivity contribution in [1.29, 1.82) is 0 Å². The summed E-state index contributed by atoms with van der Waals surface area (Å²) in [5.74, 6) is -2.11. The predicted octanol–water partition coefficient (Wildman–Crippen LogP) is 3.09. The minimum absolute atomic E-state index is 0.260. The molecular formula is C11H12BrF2NO2. The van der Waals surface area contributed by atoms with Gasteiger partial charge in [-0.15, -0.1) is 0 Å². The normalized spacial score (nSPS) is 10.5. The fourth-order valence-corrected chi connectivity index (χ4v) is 1.58. The third-order valence-corrected chi connectivity index (χ3v) is 2.24. The molecule has 0 aliphatic rings. The quantitative estimate of drug-likeness (QED) is 0.869. The highest BCUT2D eigenvalue weighted by Crippen LogP contribution is 2.23. The van der Waals surface area contributed by atoms with Crippen molar-refractivity contribution >= 4 is 27.6 Å². The molecule has 0 saturated heterocycles. The Kier molecular flexibility index (Phi) is 4.86. The van der Waals surface area contributed by atoms with Gasteiger partial charge in [-0.05, 0) is 26.0 Å². The Morgan fingerprint density at radius 2 is 1.94 bits per heavy atom. The Hall–Kier alpha value is -1.17. The third kappa shape index (κ3) is 4.30. The molecule has 6 heteroatoms. The lowest BCUT2D eigenvalue weighted by Gasteiger charge is -2.11. The maximum atomic E-state index is 13.3. The molecule has 17 heavy (non-hydrogen) atoms. The van der Waals surface area contributed by atoms with E-state index in [1.165, 1.54) is 0 Å². The van der Waals surface area contributed by atoms with Crippen molar-refractivity contribution in [3.8, 4) is 0 Å².